The number of halogens is 1. The Kier molecular flexibility index (Phi) is 5.71. The fourth-order valence-corrected chi connectivity index (χ4v) is 3.89. The molecule has 1 N–H and O–H groups in total. The maximum absolute atomic E-state index is 12.7. The summed E-state index contributed by atoms with van der Waals surface area (Å²) in [6.45, 7) is 3.66. The lowest BCUT2D eigenvalue weighted by atomic mass is 10.2. The Morgan fingerprint density at radius 1 is 1.29 bits per heavy atom. The second kappa shape index (κ2) is 7.89. The number of hydrogen-bond donors (Lipinski definition) is 1. The monoisotopic (exact) mass is 424 g/mol. The van der Waals surface area contributed by atoms with E-state index in [9.17, 15) is 13.2 Å². The summed E-state index contributed by atoms with van der Waals surface area (Å²) in [6, 6.07) is 11.6. The number of carbonyl (C=O) groups is 1. The van der Waals surface area contributed by atoms with E-state index >= 15 is 0 Å². The van der Waals surface area contributed by atoms with Gasteiger partial charge in [0.25, 0.3) is 5.91 Å². The van der Waals surface area contributed by atoms with Gasteiger partial charge in [-0.15, -0.1) is 0 Å². The molecule has 3 rings (SSSR count). The SMILES string of the molecule is CC(C)Oc1cccc(NC(=O)C2CN(S(C)(=O)=O)c3cc(Cl)ccc3O2)c1. The molecule has 0 saturated heterocycles. The Morgan fingerprint density at radius 3 is 2.71 bits per heavy atom. The van der Waals surface area contributed by atoms with Crippen molar-refractivity contribution in [3.05, 3.63) is 47.5 Å². The number of benzene rings is 2. The molecule has 1 atom stereocenters. The highest BCUT2D eigenvalue weighted by atomic mass is 35.5. The van der Waals surface area contributed by atoms with Crippen LogP contribution in [0.15, 0.2) is 42.5 Å². The zero-order valence-corrected chi connectivity index (χ0v) is 17.3. The van der Waals surface area contributed by atoms with Gasteiger partial charge in [-0.05, 0) is 44.2 Å². The topological polar surface area (TPSA) is 84.9 Å². The van der Waals surface area contributed by atoms with Crippen LogP contribution in [-0.4, -0.2) is 39.3 Å². The van der Waals surface area contributed by atoms with Gasteiger partial charge >= 0.3 is 0 Å². The second-order valence-corrected chi connectivity index (χ2v) is 9.04. The van der Waals surface area contributed by atoms with Gasteiger partial charge in [0.05, 0.1) is 24.6 Å². The van der Waals surface area contributed by atoms with E-state index in [4.69, 9.17) is 21.1 Å². The van der Waals surface area contributed by atoms with Crippen LogP contribution in [0.4, 0.5) is 11.4 Å². The molecule has 0 aliphatic carbocycles. The summed E-state index contributed by atoms with van der Waals surface area (Å²) in [5, 5.41) is 3.12. The summed E-state index contributed by atoms with van der Waals surface area (Å²) in [6.07, 6.45) is 0.0578. The molecule has 1 aliphatic heterocycles. The van der Waals surface area contributed by atoms with Crippen LogP contribution in [0.5, 0.6) is 11.5 Å². The van der Waals surface area contributed by atoms with E-state index in [2.05, 4.69) is 5.32 Å². The summed E-state index contributed by atoms with van der Waals surface area (Å²) < 4.78 is 36.9. The van der Waals surface area contributed by atoms with Crippen molar-refractivity contribution in [1.29, 1.82) is 0 Å². The first kappa shape index (κ1) is 20.3. The molecule has 0 fully saturated rings. The average molecular weight is 425 g/mol. The summed E-state index contributed by atoms with van der Waals surface area (Å²) in [7, 11) is -3.62. The molecule has 1 aliphatic rings. The van der Waals surface area contributed by atoms with Crippen molar-refractivity contribution < 1.29 is 22.7 Å². The molecule has 0 bridgehead atoms. The lowest BCUT2D eigenvalue weighted by Crippen LogP contribution is -2.48. The highest BCUT2D eigenvalue weighted by molar-refractivity contribution is 7.92. The van der Waals surface area contributed by atoms with Crippen LogP contribution in [0.1, 0.15) is 13.8 Å². The largest absolute Gasteiger partial charge is 0.491 e. The molecule has 1 amide bonds. The second-order valence-electron chi connectivity index (χ2n) is 6.70. The van der Waals surface area contributed by atoms with Crippen molar-refractivity contribution in [2.24, 2.45) is 0 Å². The molecule has 0 aromatic heterocycles. The third-order valence-electron chi connectivity index (χ3n) is 3.96. The van der Waals surface area contributed by atoms with Crippen LogP contribution in [0.3, 0.4) is 0 Å². The van der Waals surface area contributed by atoms with E-state index in [1.165, 1.54) is 6.07 Å². The number of fused-ring (bicyclic) bond motifs is 1. The molecule has 1 heterocycles. The molecule has 150 valence electrons. The minimum Gasteiger partial charge on any atom is -0.491 e. The predicted octanol–water partition coefficient (Wildman–Crippen LogP) is 3.29. The Morgan fingerprint density at radius 2 is 2.04 bits per heavy atom. The van der Waals surface area contributed by atoms with Crippen LogP contribution in [0, 0.1) is 0 Å². The highest BCUT2D eigenvalue weighted by Gasteiger charge is 2.35. The van der Waals surface area contributed by atoms with E-state index in [1.807, 2.05) is 13.8 Å². The van der Waals surface area contributed by atoms with Crippen molar-refractivity contribution in [3.8, 4) is 11.5 Å². The first-order chi connectivity index (χ1) is 13.1. The van der Waals surface area contributed by atoms with E-state index in [0.717, 1.165) is 10.6 Å². The number of carbonyl (C=O) groups excluding carboxylic acids is 1. The fraction of sp³-hybridized carbons (Fsp3) is 0.316. The van der Waals surface area contributed by atoms with Crippen molar-refractivity contribution >= 4 is 38.9 Å². The van der Waals surface area contributed by atoms with Crippen molar-refractivity contribution in [1.82, 2.24) is 0 Å². The number of hydrogen-bond acceptors (Lipinski definition) is 5. The van der Waals surface area contributed by atoms with E-state index in [1.54, 1.807) is 36.4 Å². The van der Waals surface area contributed by atoms with Gasteiger partial charge in [0.1, 0.15) is 11.5 Å². The number of ether oxygens (including phenoxy) is 2. The Labute approximate surface area is 169 Å². The molecule has 0 saturated carbocycles. The minimum atomic E-state index is -3.62. The number of nitrogens with one attached hydrogen (secondary N) is 1. The number of sulfonamides is 1. The molecule has 0 spiro atoms. The number of amides is 1. The van der Waals surface area contributed by atoms with Gasteiger partial charge in [-0.25, -0.2) is 8.42 Å². The first-order valence-corrected chi connectivity index (χ1v) is 10.9. The van der Waals surface area contributed by atoms with Crippen LogP contribution >= 0.6 is 11.6 Å². The summed E-state index contributed by atoms with van der Waals surface area (Å²) >= 11 is 5.98. The first-order valence-electron chi connectivity index (χ1n) is 8.65. The zero-order chi connectivity index (χ0) is 20.5. The maximum atomic E-state index is 12.7. The van der Waals surface area contributed by atoms with E-state index < -0.39 is 22.0 Å². The Bertz CT molecular complexity index is 994. The molecular weight excluding hydrogens is 404 g/mol. The standard InChI is InChI=1S/C19H21ClN2O5S/c1-12(2)26-15-6-4-5-14(10-15)21-19(23)18-11-22(28(3,24)25)16-9-13(20)7-8-17(16)27-18/h4-10,12,18H,11H2,1-3H3,(H,21,23). The van der Waals surface area contributed by atoms with Crippen molar-refractivity contribution in [2.45, 2.75) is 26.1 Å². The third-order valence-corrected chi connectivity index (χ3v) is 5.34. The van der Waals surface area contributed by atoms with Gasteiger partial charge in [-0.2, -0.15) is 0 Å². The lowest BCUT2D eigenvalue weighted by Gasteiger charge is -2.34. The predicted molar refractivity (Wildman–Crippen MR) is 109 cm³/mol. The van der Waals surface area contributed by atoms with Crippen LogP contribution < -0.4 is 19.1 Å². The zero-order valence-electron chi connectivity index (χ0n) is 15.7. The number of anilines is 2. The smallest absolute Gasteiger partial charge is 0.267 e. The molecular formula is C19H21ClN2O5S. The molecule has 0 radical (unpaired) electrons. The van der Waals surface area contributed by atoms with Gasteiger partial charge in [0, 0.05) is 16.8 Å². The van der Waals surface area contributed by atoms with Gasteiger partial charge in [0.2, 0.25) is 10.0 Å². The van der Waals surface area contributed by atoms with Crippen LogP contribution in [0.25, 0.3) is 0 Å². The molecule has 1 unspecified atom stereocenters. The quantitative estimate of drug-likeness (QED) is 0.796. The Hall–Kier alpha value is -2.45. The van der Waals surface area contributed by atoms with Crippen molar-refractivity contribution in [3.63, 3.8) is 0 Å². The van der Waals surface area contributed by atoms with E-state index in [0.29, 0.717) is 22.1 Å². The summed E-state index contributed by atoms with van der Waals surface area (Å²) in [5.74, 6) is 0.434. The fourth-order valence-electron chi connectivity index (χ4n) is 2.82. The number of rotatable bonds is 5. The van der Waals surface area contributed by atoms with Crippen LogP contribution in [0.2, 0.25) is 5.02 Å². The molecule has 28 heavy (non-hydrogen) atoms. The average Bonchev–Trinajstić information content (AvgIpc) is 2.59. The third kappa shape index (κ3) is 4.69. The van der Waals surface area contributed by atoms with Gasteiger partial charge in [-0.1, -0.05) is 17.7 Å². The maximum Gasteiger partial charge on any atom is 0.267 e. The van der Waals surface area contributed by atoms with Gasteiger partial charge < -0.3 is 14.8 Å². The minimum absolute atomic E-state index is 0.000672. The highest BCUT2D eigenvalue weighted by Crippen LogP contribution is 2.37. The Balaban J connectivity index is 1.82. The summed E-state index contributed by atoms with van der Waals surface area (Å²) in [4.78, 5) is 12.7. The van der Waals surface area contributed by atoms with Gasteiger partial charge in [0.15, 0.2) is 6.10 Å². The van der Waals surface area contributed by atoms with Crippen molar-refractivity contribution in [2.75, 3.05) is 22.4 Å². The lowest BCUT2D eigenvalue weighted by molar-refractivity contribution is -0.122. The normalized spacial score (nSPS) is 16.3. The summed E-state index contributed by atoms with van der Waals surface area (Å²) in [5.41, 5.74) is 0.839. The molecule has 2 aromatic rings. The van der Waals surface area contributed by atoms with Crippen LogP contribution in [-0.2, 0) is 14.8 Å². The molecule has 2 aromatic carbocycles. The van der Waals surface area contributed by atoms with Gasteiger partial charge in [-0.3, -0.25) is 9.10 Å². The molecule has 9 heteroatoms. The molecule has 7 nitrogen and oxygen atoms in total. The number of nitrogens with zero attached hydrogens (tertiary/aromatic N) is 1. The van der Waals surface area contributed by atoms with E-state index in [-0.39, 0.29) is 18.4 Å².